The van der Waals surface area contributed by atoms with Crippen molar-refractivity contribution in [2.75, 3.05) is 6.54 Å². The first-order valence-electron chi connectivity index (χ1n) is 24.1. The van der Waals surface area contributed by atoms with Crippen molar-refractivity contribution in [3.63, 3.8) is 0 Å². The van der Waals surface area contributed by atoms with Gasteiger partial charge < -0.3 is 0 Å². The lowest BCUT2D eigenvalue weighted by molar-refractivity contribution is 0.527. The number of aromatic nitrogens is 8. The Kier molecular flexibility index (Phi) is 24.8. The zero-order chi connectivity index (χ0) is 52.6. The summed E-state index contributed by atoms with van der Waals surface area (Å²) in [7, 11) is 0. The molecular formula is C60H89N9. The predicted octanol–water partition coefficient (Wildman–Crippen LogP) is 15.1. The van der Waals surface area contributed by atoms with E-state index in [1.54, 1.807) is 37.3 Å². The second-order valence-electron chi connectivity index (χ2n) is 24.1. The average molecular weight is 936 g/mol. The zero-order valence-electron chi connectivity index (χ0n) is 46.6. The summed E-state index contributed by atoms with van der Waals surface area (Å²) in [6.45, 7) is 46.4. The Morgan fingerprint density at radius 1 is 0.348 bits per heavy atom. The SMILES string of the molecule is CC(C)(C)C1=CCN=C1.CC(C)(C)c1ccccc1.CC(C)(C)c1ccccn1.CC(C)(C)c1cccnc1.CC(C)(C)c1cccnn1.CC(C)(C)c1cnccn1.CC(C)(C)c1cncnc1. The van der Waals surface area contributed by atoms with Crippen molar-refractivity contribution in [1.82, 2.24) is 40.1 Å². The molecule has 0 unspecified atom stereocenters. The number of rotatable bonds is 0. The van der Waals surface area contributed by atoms with E-state index in [0.29, 0.717) is 10.8 Å². The van der Waals surface area contributed by atoms with Gasteiger partial charge in [-0.3, -0.25) is 24.9 Å². The number of aliphatic imine (C=N–C) groups is 1. The molecule has 0 atom stereocenters. The van der Waals surface area contributed by atoms with Crippen LogP contribution in [0.15, 0.2) is 152 Å². The lowest BCUT2D eigenvalue weighted by atomic mass is 9.87. The molecule has 0 amide bonds. The topological polar surface area (TPSA) is 115 Å². The van der Waals surface area contributed by atoms with Gasteiger partial charge in [-0.25, -0.2) is 9.97 Å². The molecule has 1 aliphatic rings. The van der Waals surface area contributed by atoms with Gasteiger partial charge in [-0.05, 0) is 74.3 Å². The highest BCUT2D eigenvalue weighted by Crippen LogP contribution is 2.26. The lowest BCUT2D eigenvalue weighted by Gasteiger charge is -2.18. The molecule has 0 aliphatic carbocycles. The van der Waals surface area contributed by atoms with E-state index in [2.05, 4.69) is 239 Å². The van der Waals surface area contributed by atoms with Crippen LogP contribution in [-0.2, 0) is 32.5 Å². The molecule has 0 spiro atoms. The molecule has 6 heterocycles. The van der Waals surface area contributed by atoms with Crippen molar-refractivity contribution in [2.45, 2.75) is 178 Å². The number of pyridine rings is 2. The standard InChI is InChI=1S/C10H14.2C9H13N.3C8H12N2.C8H13N/c1-10(2,3)9-7-5-4-6-8-9;1-9(2,3)8-5-4-6-10-7-8;1-9(2,3)8-6-4-5-7-10-8;1-8(2,3)7-4-9-6-10-5-7;1-8(2,3)7-6-9-4-5-10-7;1-8(2,3)7-5-4-6-9-10-7;1-8(2,3)7-4-5-9-6-7/h4-8H,1-3H3;2*4-7H,1-3H3;3*4-6H,1-3H3;4,6H,5H2,1-3H3. The summed E-state index contributed by atoms with van der Waals surface area (Å²) in [4.78, 5) is 28.5. The summed E-state index contributed by atoms with van der Waals surface area (Å²) in [5.74, 6) is 0. The highest BCUT2D eigenvalue weighted by molar-refractivity contribution is 5.82. The highest BCUT2D eigenvalue weighted by Gasteiger charge is 2.18. The second kappa shape index (κ2) is 28.0. The van der Waals surface area contributed by atoms with E-state index in [4.69, 9.17) is 0 Å². The molecule has 0 saturated carbocycles. The van der Waals surface area contributed by atoms with Gasteiger partial charge in [0, 0.05) is 83.9 Å². The third-order valence-corrected chi connectivity index (χ3v) is 10.2. The molecule has 69 heavy (non-hydrogen) atoms. The van der Waals surface area contributed by atoms with Crippen LogP contribution in [0.2, 0.25) is 0 Å². The fourth-order valence-corrected chi connectivity index (χ4v) is 5.48. The minimum absolute atomic E-state index is 0.119. The second-order valence-corrected chi connectivity index (χ2v) is 24.1. The molecule has 7 rings (SSSR count). The summed E-state index contributed by atoms with van der Waals surface area (Å²) in [5, 5.41) is 7.80. The number of allylic oxidation sites excluding steroid dienone is 1. The Balaban J connectivity index is 0.000000403. The third-order valence-electron chi connectivity index (χ3n) is 10.2. The van der Waals surface area contributed by atoms with Crippen LogP contribution in [0.3, 0.4) is 0 Å². The van der Waals surface area contributed by atoms with E-state index in [9.17, 15) is 0 Å². The first kappa shape index (κ1) is 61.2. The molecule has 6 aromatic rings. The Hall–Kier alpha value is -5.83. The smallest absolute Gasteiger partial charge is 0.115 e. The van der Waals surface area contributed by atoms with E-state index >= 15 is 0 Å². The first-order chi connectivity index (χ1) is 31.7. The number of hydrogen-bond donors (Lipinski definition) is 0. The summed E-state index contributed by atoms with van der Waals surface area (Å²) in [5.41, 5.74) is 9.85. The van der Waals surface area contributed by atoms with Gasteiger partial charge in [0.1, 0.15) is 6.33 Å². The largest absolute Gasteiger partial charge is 0.289 e. The van der Waals surface area contributed by atoms with Gasteiger partial charge in [-0.15, -0.1) is 0 Å². The number of benzene rings is 1. The van der Waals surface area contributed by atoms with E-state index < -0.39 is 0 Å². The lowest BCUT2D eigenvalue weighted by Crippen LogP contribution is -2.13. The summed E-state index contributed by atoms with van der Waals surface area (Å²) in [6, 6.07) is 24.5. The van der Waals surface area contributed by atoms with Crippen LogP contribution in [-0.4, -0.2) is 52.9 Å². The molecule has 9 nitrogen and oxygen atoms in total. The van der Waals surface area contributed by atoms with Gasteiger partial charge in [0.15, 0.2) is 0 Å². The fraction of sp³-hybridized carbons (Fsp3) is 0.483. The summed E-state index contributed by atoms with van der Waals surface area (Å²) >= 11 is 0. The quantitative estimate of drug-likeness (QED) is 0.148. The van der Waals surface area contributed by atoms with Gasteiger partial charge in [-0.1, -0.05) is 194 Å². The van der Waals surface area contributed by atoms with Gasteiger partial charge >= 0.3 is 0 Å². The molecule has 1 aromatic carbocycles. The Morgan fingerprint density at radius 2 is 0.826 bits per heavy atom. The van der Waals surface area contributed by atoms with Crippen molar-refractivity contribution in [3.8, 4) is 0 Å². The molecule has 0 fully saturated rings. The van der Waals surface area contributed by atoms with E-state index in [1.807, 2.05) is 61.3 Å². The Labute approximate surface area is 419 Å². The Bertz CT molecular complexity index is 1900. The summed E-state index contributed by atoms with van der Waals surface area (Å²) in [6.07, 6.45) is 21.9. The van der Waals surface area contributed by atoms with Crippen LogP contribution in [0.5, 0.6) is 0 Å². The minimum atomic E-state index is 0.119. The normalized spacial score (nSPS) is 12.4. The molecule has 0 saturated heterocycles. The van der Waals surface area contributed by atoms with Crippen molar-refractivity contribution in [2.24, 2.45) is 10.4 Å². The van der Waals surface area contributed by atoms with Crippen molar-refractivity contribution >= 4 is 6.21 Å². The molecule has 9 heteroatoms. The van der Waals surface area contributed by atoms with Crippen LogP contribution in [0.4, 0.5) is 0 Å². The number of hydrogen-bond acceptors (Lipinski definition) is 9. The van der Waals surface area contributed by atoms with E-state index in [-0.39, 0.29) is 27.1 Å². The first-order valence-corrected chi connectivity index (χ1v) is 24.1. The fourth-order valence-electron chi connectivity index (χ4n) is 5.48. The monoisotopic (exact) mass is 936 g/mol. The average Bonchev–Trinajstić information content (AvgIpc) is 3.85. The van der Waals surface area contributed by atoms with E-state index in [0.717, 1.165) is 23.6 Å². The van der Waals surface area contributed by atoms with Gasteiger partial charge in [0.25, 0.3) is 0 Å². The molecule has 374 valence electrons. The molecule has 5 aromatic heterocycles. The molecule has 0 bridgehead atoms. The van der Waals surface area contributed by atoms with Crippen molar-refractivity contribution in [1.29, 1.82) is 0 Å². The van der Waals surface area contributed by atoms with Crippen LogP contribution >= 0.6 is 0 Å². The van der Waals surface area contributed by atoms with Crippen LogP contribution in [0, 0.1) is 5.41 Å². The zero-order valence-corrected chi connectivity index (χ0v) is 46.6. The predicted molar refractivity (Wildman–Crippen MR) is 294 cm³/mol. The van der Waals surface area contributed by atoms with Crippen LogP contribution < -0.4 is 0 Å². The maximum atomic E-state index is 4.25. The van der Waals surface area contributed by atoms with Crippen molar-refractivity contribution < 1.29 is 0 Å². The summed E-state index contributed by atoms with van der Waals surface area (Å²) < 4.78 is 0. The molecule has 1 aliphatic heterocycles. The van der Waals surface area contributed by atoms with Gasteiger partial charge in [0.05, 0.1) is 17.9 Å². The molecule has 0 radical (unpaired) electrons. The molecular weight excluding hydrogens is 847 g/mol. The Morgan fingerprint density at radius 3 is 1.12 bits per heavy atom. The van der Waals surface area contributed by atoms with Crippen molar-refractivity contribution in [3.05, 3.63) is 180 Å². The maximum absolute atomic E-state index is 4.25. The van der Waals surface area contributed by atoms with Crippen LogP contribution in [0.25, 0.3) is 0 Å². The minimum Gasteiger partial charge on any atom is -0.289 e. The molecule has 0 N–H and O–H groups in total. The van der Waals surface area contributed by atoms with Gasteiger partial charge in [-0.2, -0.15) is 10.2 Å². The maximum Gasteiger partial charge on any atom is 0.115 e. The number of nitrogens with zero attached hydrogens (tertiary/aromatic N) is 9. The third kappa shape index (κ3) is 27.1. The van der Waals surface area contributed by atoms with Gasteiger partial charge in [0.2, 0.25) is 0 Å². The van der Waals surface area contributed by atoms with Crippen LogP contribution in [0.1, 0.15) is 179 Å². The van der Waals surface area contributed by atoms with E-state index in [1.165, 1.54) is 22.3 Å². The highest BCUT2D eigenvalue weighted by atomic mass is 15.1.